The van der Waals surface area contributed by atoms with Gasteiger partial charge in [-0.3, -0.25) is 0 Å². The molecular weight excluding hydrogens is 304 g/mol. The summed E-state index contributed by atoms with van der Waals surface area (Å²) in [6.07, 6.45) is 5.38. The first-order valence-corrected chi connectivity index (χ1v) is 8.32. The van der Waals surface area contributed by atoms with Crippen LogP contribution < -0.4 is 4.74 Å². The first kappa shape index (κ1) is 13.4. The summed E-state index contributed by atoms with van der Waals surface area (Å²) in [6, 6.07) is 10.1. The van der Waals surface area contributed by atoms with Gasteiger partial charge in [-0.1, -0.05) is 34.1 Å². The Labute approximate surface area is 123 Å². The maximum Gasteiger partial charge on any atom is 0.119 e. The highest BCUT2D eigenvalue weighted by atomic mass is 79.9. The van der Waals surface area contributed by atoms with Crippen LogP contribution in [-0.2, 0) is 4.74 Å². The Morgan fingerprint density at radius 3 is 2.74 bits per heavy atom. The highest BCUT2D eigenvalue weighted by molar-refractivity contribution is 9.09. The topological polar surface area (TPSA) is 18.5 Å². The van der Waals surface area contributed by atoms with E-state index in [1.54, 1.807) is 0 Å². The lowest BCUT2D eigenvalue weighted by atomic mass is 9.78. The molecule has 3 heteroatoms. The lowest BCUT2D eigenvalue weighted by molar-refractivity contribution is 0.0318. The van der Waals surface area contributed by atoms with Crippen molar-refractivity contribution in [2.24, 2.45) is 11.3 Å². The maximum absolute atomic E-state index is 6.00. The highest BCUT2D eigenvalue weighted by Crippen LogP contribution is 2.50. The third-order valence-electron chi connectivity index (χ3n) is 4.43. The van der Waals surface area contributed by atoms with Crippen LogP contribution in [0.3, 0.4) is 0 Å². The van der Waals surface area contributed by atoms with Crippen LogP contribution in [0.5, 0.6) is 5.75 Å². The van der Waals surface area contributed by atoms with E-state index in [2.05, 4.69) is 15.9 Å². The summed E-state index contributed by atoms with van der Waals surface area (Å²) in [7, 11) is 0. The average Bonchev–Trinajstić information content (AvgIpc) is 3.21. The minimum atomic E-state index is 0.288. The molecule has 19 heavy (non-hydrogen) atoms. The lowest BCUT2D eigenvalue weighted by Crippen LogP contribution is -2.36. The molecule has 2 fully saturated rings. The molecule has 0 aromatic heterocycles. The van der Waals surface area contributed by atoms with E-state index < -0.39 is 0 Å². The number of hydrogen-bond acceptors (Lipinski definition) is 2. The third kappa shape index (κ3) is 2.97. The summed E-state index contributed by atoms with van der Waals surface area (Å²) in [6.45, 7) is 1.69. The van der Waals surface area contributed by atoms with Gasteiger partial charge in [0.15, 0.2) is 0 Å². The van der Waals surface area contributed by atoms with Crippen LogP contribution in [0.15, 0.2) is 30.3 Å². The molecule has 1 saturated carbocycles. The van der Waals surface area contributed by atoms with Gasteiger partial charge in [-0.25, -0.2) is 0 Å². The summed E-state index contributed by atoms with van der Waals surface area (Å²) < 4.78 is 11.9. The standard InChI is InChI=1S/C16H21BrO2/c17-12-16(9-11-19-15(16)13-6-7-13)8-10-18-14-4-2-1-3-5-14/h1-5,13,15H,6-12H2. The number of para-hydroxylation sites is 1. The number of hydrogen-bond donors (Lipinski definition) is 0. The Bertz CT molecular complexity index is 404. The van der Waals surface area contributed by atoms with E-state index in [0.717, 1.165) is 43.1 Å². The number of rotatable bonds is 6. The van der Waals surface area contributed by atoms with Crippen molar-refractivity contribution in [2.45, 2.75) is 31.8 Å². The Kier molecular flexibility index (Phi) is 4.13. The Balaban J connectivity index is 1.57. The molecule has 3 rings (SSSR count). The molecule has 1 aromatic carbocycles. The number of halogens is 1. The second-order valence-corrected chi connectivity index (χ2v) is 6.35. The smallest absolute Gasteiger partial charge is 0.119 e. The molecule has 0 N–H and O–H groups in total. The van der Waals surface area contributed by atoms with Crippen LogP contribution in [-0.4, -0.2) is 24.6 Å². The summed E-state index contributed by atoms with van der Waals surface area (Å²) in [5, 5.41) is 1.03. The zero-order valence-electron chi connectivity index (χ0n) is 11.2. The molecule has 2 aliphatic rings. The molecule has 1 heterocycles. The predicted octanol–water partition coefficient (Wildman–Crippen LogP) is 4.04. The van der Waals surface area contributed by atoms with E-state index in [1.165, 1.54) is 12.8 Å². The van der Waals surface area contributed by atoms with Crippen molar-refractivity contribution in [3.8, 4) is 5.75 Å². The van der Waals surface area contributed by atoms with Crippen LogP contribution in [0.2, 0.25) is 0 Å². The van der Waals surface area contributed by atoms with Gasteiger partial charge in [0.2, 0.25) is 0 Å². The summed E-state index contributed by atoms with van der Waals surface area (Å²) >= 11 is 3.72. The van der Waals surface area contributed by atoms with E-state index in [9.17, 15) is 0 Å². The average molecular weight is 325 g/mol. The molecule has 0 bridgehead atoms. The SMILES string of the molecule is BrCC1(CCOc2ccccc2)CCOC1C1CC1. The van der Waals surface area contributed by atoms with Gasteiger partial charge in [0.25, 0.3) is 0 Å². The molecule has 0 amide bonds. The minimum absolute atomic E-state index is 0.288. The van der Waals surface area contributed by atoms with Crippen molar-refractivity contribution in [2.75, 3.05) is 18.5 Å². The Morgan fingerprint density at radius 1 is 1.26 bits per heavy atom. The van der Waals surface area contributed by atoms with Crippen LogP contribution in [0.4, 0.5) is 0 Å². The second-order valence-electron chi connectivity index (χ2n) is 5.79. The van der Waals surface area contributed by atoms with Gasteiger partial charge in [0, 0.05) is 17.4 Å². The highest BCUT2D eigenvalue weighted by Gasteiger charge is 2.50. The van der Waals surface area contributed by atoms with Crippen LogP contribution >= 0.6 is 15.9 Å². The number of ether oxygens (including phenoxy) is 2. The monoisotopic (exact) mass is 324 g/mol. The Morgan fingerprint density at radius 2 is 2.05 bits per heavy atom. The molecular formula is C16H21BrO2. The van der Waals surface area contributed by atoms with Crippen molar-refractivity contribution >= 4 is 15.9 Å². The van der Waals surface area contributed by atoms with E-state index in [0.29, 0.717) is 6.10 Å². The van der Waals surface area contributed by atoms with Crippen LogP contribution in [0, 0.1) is 11.3 Å². The van der Waals surface area contributed by atoms with Crippen molar-refractivity contribution in [3.05, 3.63) is 30.3 Å². The van der Waals surface area contributed by atoms with Gasteiger partial charge < -0.3 is 9.47 Å². The third-order valence-corrected chi connectivity index (χ3v) is 5.55. The zero-order chi connectivity index (χ0) is 13.1. The fourth-order valence-electron chi connectivity index (χ4n) is 3.11. The number of alkyl halides is 1. The van der Waals surface area contributed by atoms with Gasteiger partial charge in [-0.2, -0.15) is 0 Å². The molecule has 104 valence electrons. The van der Waals surface area contributed by atoms with E-state index in [-0.39, 0.29) is 5.41 Å². The van der Waals surface area contributed by atoms with Crippen molar-refractivity contribution in [1.29, 1.82) is 0 Å². The zero-order valence-corrected chi connectivity index (χ0v) is 12.8. The molecule has 1 aliphatic heterocycles. The van der Waals surface area contributed by atoms with Gasteiger partial charge in [0.1, 0.15) is 5.75 Å². The molecule has 1 aromatic rings. The summed E-state index contributed by atoms with van der Waals surface area (Å²) in [4.78, 5) is 0. The number of benzene rings is 1. The van der Waals surface area contributed by atoms with Crippen LogP contribution in [0.25, 0.3) is 0 Å². The first-order chi connectivity index (χ1) is 9.34. The summed E-state index contributed by atoms with van der Waals surface area (Å²) in [5.74, 6) is 1.77. The van der Waals surface area contributed by atoms with Gasteiger partial charge in [-0.05, 0) is 43.7 Å². The van der Waals surface area contributed by atoms with Crippen molar-refractivity contribution in [3.63, 3.8) is 0 Å². The van der Waals surface area contributed by atoms with Gasteiger partial charge in [0.05, 0.1) is 12.7 Å². The van der Waals surface area contributed by atoms with Gasteiger partial charge >= 0.3 is 0 Å². The fourth-order valence-corrected chi connectivity index (χ4v) is 3.99. The molecule has 2 atom stereocenters. The predicted molar refractivity (Wildman–Crippen MR) is 79.9 cm³/mol. The van der Waals surface area contributed by atoms with E-state index in [4.69, 9.17) is 9.47 Å². The molecule has 0 spiro atoms. The minimum Gasteiger partial charge on any atom is -0.494 e. The normalized spacial score (nSPS) is 30.5. The van der Waals surface area contributed by atoms with E-state index >= 15 is 0 Å². The van der Waals surface area contributed by atoms with Crippen molar-refractivity contribution in [1.82, 2.24) is 0 Å². The molecule has 2 unspecified atom stereocenters. The van der Waals surface area contributed by atoms with Crippen molar-refractivity contribution < 1.29 is 9.47 Å². The van der Waals surface area contributed by atoms with E-state index in [1.807, 2.05) is 30.3 Å². The second kappa shape index (κ2) is 5.84. The Hall–Kier alpha value is -0.540. The largest absolute Gasteiger partial charge is 0.494 e. The summed E-state index contributed by atoms with van der Waals surface area (Å²) in [5.41, 5.74) is 0.288. The van der Waals surface area contributed by atoms with Gasteiger partial charge in [-0.15, -0.1) is 0 Å². The maximum atomic E-state index is 6.00. The van der Waals surface area contributed by atoms with Crippen LogP contribution in [0.1, 0.15) is 25.7 Å². The quantitative estimate of drug-likeness (QED) is 0.735. The molecule has 2 nitrogen and oxygen atoms in total. The molecule has 1 saturated heterocycles. The molecule has 1 aliphatic carbocycles. The molecule has 0 radical (unpaired) electrons. The lowest BCUT2D eigenvalue weighted by Gasteiger charge is -2.32. The first-order valence-electron chi connectivity index (χ1n) is 7.19. The fraction of sp³-hybridized carbons (Fsp3) is 0.625.